The van der Waals surface area contributed by atoms with E-state index in [1.807, 2.05) is 44.2 Å². The summed E-state index contributed by atoms with van der Waals surface area (Å²) >= 11 is 0. The number of nitrogens with one attached hydrogen (secondary N) is 1. The second-order valence-corrected chi connectivity index (χ2v) is 6.74. The molecule has 0 atom stereocenters. The molecule has 0 aliphatic heterocycles. The summed E-state index contributed by atoms with van der Waals surface area (Å²) in [5.74, 6) is 1.06. The average molecular weight is 328 g/mol. The molecule has 1 saturated carbocycles. The fraction of sp³-hybridized carbons (Fsp3) is 0.500. The van der Waals surface area contributed by atoms with Crippen molar-refractivity contribution in [2.45, 2.75) is 45.7 Å². The van der Waals surface area contributed by atoms with Gasteiger partial charge in [0.15, 0.2) is 5.82 Å². The van der Waals surface area contributed by atoms with Crippen molar-refractivity contribution >= 4 is 5.91 Å². The number of hydrogen-bond acceptors (Lipinski definition) is 3. The van der Waals surface area contributed by atoms with E-state index >= 15 is 0 Å². The van der Waals surface area contributed by atoms with Crippen LogP contribution in [0.5, 0.6) is 0 Å². The largest absolute Gasteiger partial charge is 0.354 e. The van der Waals surface area contributed by atoms with Crippen LogP contribution in [0.2, 0.25) is 0 Å². The Hall–Kier alpha value is -2.37. The van der Waals surface area contributed by atoms with Gasteiger partial charge in [-0.3, -0.25) is 9.36 Å². The second-order valence-electron chi connectivity index (χ2n) is 6.74. The summed E-state index contributed by atoms with van der Waals surface area (Å²) in [6.07, 6.45) is 2.55. The minimum absolute atomic E-state index is 0.0166. The number of benzene rings is 1. The number of amides is 1. The minimum Gasteiger partial charge on any atom is -0.354 e. The molecule has 0 unspecified atom stereocenters. The summed E-state index contributed by atoms with van der Waals surface area (Å²) in [7, 11) is 0. The predicted molar refractivity (Wildman–Crippen MR) is 92.7 cm³/mol. The van der Waals surface area contributed by atoms with Crippen molar-refractivity contribution in [2.75, 3.05) is 6.54 Å². The van der Waals surface area contributed by atoms with Crippen LogP contribution in [0.1, 0.15) is 39.2 Å². The van der Waals surface area contributed by atoms with Gasteiger partial charge in [-0.25, -0.2) is 9.48 Å². The summed E-state index contributed by atoms with van der Waals surface area (Å²) in [5, 5.41) is 7.37. The molecular formula is C18H24N4O2. The molecule has 1 fully saturated rings. The maximum atomic E-state index is 12.6. The third-order valence-corrected chi connectivity index (χ3v) is 4.05. The maximum Gasteiger partial charge on any atom is 0.346 e. The van der Waals surface area contributed by atoms with Crippen LogP contribution in [0.4, 0.5) is 0 Å². The van der Waals surface area contributed by atoms with Crippen molar-refractivity contribution in [3.8, 4) is 11.4 Å². The Morgan fingerprint density at radius 2 is 2.00 bits per heavy atom. The number of carbonyl (C=O) groups is 1. The molecule has 1 aliphatic carbocycles. The molecule has 128 valence electrons. The molecule has 24 heavy (non-hydrogen) atoms. The van der Waals surface area contributed by atoms with Gasteiger partial charge in [-0.05, 0) is 18.8 Å². The van der Waals surface area contributed by atoms with E-state index in [0.717, 1.165) is 24.2 Å². The molecule has 1 heterocycles. The summed E-state index contributed by atoms with van der Waals surface area (Å²) in [4.78, 5) is 24.4. The molecule has 1 aromatic heterocycles. The van der Waals surface area contributed by atoms with E-state index in [4.69, 9.17) is 0 Å². The molecule has 1 aromatic carbocycles. The Balaban J connectivity index is 1.75. The van der Waals surface area contributed by atoms with E-state index < -0.39 is 0 Å². The fourth-order valence-corrected chi connectivity index (χ4v) is 2.76. The van der Waals surface area contributed by atoms with Gasteiger partial charge in [0.25, 0.3) is 0 Å². The van der Waals surface area contributed by atoms with Crippen molar-refractivity contribution in [3.05, 3.63) is 40.8 Å². The summed E-state index contributed by atoms with van der Waals surface area (Å²) in [5.41, 5.74) is 0.860. The summed E-state index contributed by atoms with van der Waals surface area (Å²) in [6.45, 7) is 4.82. The van der Waals surface area contributed by atoms with Crippen molar-refractivity contribution in [3.63, 3.8) is 0 Å². The van der Waals surface area contributed by atoms with Crippen LogP contribution in [0.25, 0.3) is 11.4 Å². The van der Waals surface area contributed by atoms with Crippen molar-refractivity contribution in [1.29, 1.82) is 0 Å². The zero-order chi connectivity index (χ0) is 17.1. The van der Waals surface area contributed by atoms with Gasteiger partial charge in [0, 0.05) is 24.6 Å². The highest BCUT2D eigenvalue weighted by molar-refractivity contribution is 5.75. The quantitative estimate of drug-likeness (QED) is 0.847. The maximum absolute atomic E-state index is 12.6. The lowest BCUT2D eigenvalue weighted by atomic mass is 10.1. The first-order valence-corrected chi connectivity index (χ1v) is 8.57. The van der Waals surface area contributed by atoms with Crippen LogP contribution in [0.3, 0.4) is 0 Å². The fourth-order valence-electron chi connectivity index (χ4n) is 2.76. The smallest absolute Gasteiger partial charge is 0.346 e. The highest BCUT2D eigenvalue weighted by Crippen LogP contribution is 2.36. The molecule has 0 bridgehead atoms. The van der Waals surface area contributed by atoms with Crippen LogP contribution in [0.15, 0.2) is 35.1 Å². The Labute approximate surface area is 141 Å². The molecule has 1 amide bonds. The number of carbonyl (C=O) groups excluding carboxylic acids is 1. The third-order valence-electron chi connectivity index (χ3n) is 4.05. The van der Waals surface area contributed by atoms with Crippen molar-refractivity contribution < 1.29 is 4.79 Å². The monoisotopic (exact) mass is 328 g/mol. The highest BCUT2D eigenvalue weighted by Gasteiger charge is 2.30. The van der Waals surface area contributed by atoms with E-state index in [-0.39, 0.29) is 17.6 Å². The van der Waals surface area contributed by atoms with Crippen molar-refractivity contribution in [2.24, 2.45) is 5.92 Å². The highest BCUT2D eigenvalue weighted by atomic mass is 16.2. The van der Waals surface area contributed by atoms with Gasteiger partial charge in [0.05, 0.1) is 6.54 Å². The Morgan fingerprint density at radius 1 is 1.29 bits per heavy atom. The number of nitrogens with zero attached hydrogens (tertiary/aromatic N) is 3. The molecule has 0 radical (unpaired) electrons. The Kier molecular flexibility index (Phi) is 4.83. The minimum atomic E-state index is -0.0885. The second kappa shape index (κ2) is 7.03. The van der Waals surface area contributed by atoms with Crippen LogP contribution < -0.4 is 11.0 Å². The average Bonchev–Trinajstić information content (AvgIpc) is 3.32. The first-order valence-electron chi connectivity index (χ1n) is 8.57. The van der Waals surface area contributed by atoms with Crippen molar-refractivity contribution in [1.82, 2.24) is 19.7 Å². The van der Waals surface area contributed by atoms with E-state index in [0.29, 0.717) is 25.4 Å². The molecule has 1 N–H and O–H groups in total. The molecule has 2 aromatic rings. The summed E-state index contributed by atoms with van der Waals surface area (Å²) in [6, 6.07) is 10.0. The zero-order valence-electron chi connectivity index (χ0n) is 14.2. The molecule has 1 aliphatic rings. The topological polar surface area (TPSA) is 68.9 Å². The lowest BCUT2D eigenvalue weighted by Crippen LogP contribution is -2.32. The lowest BCUT2D eigenvalue weighted by molar-refractivity contribution is -0.121. The molecular weight excluding hydrogens is 304 g/mol. The molecule has 3 rings (SSSR count). The van der Waals surface area contributed by atoms with Gasteiger partial charge in [0.2, 0.25) is 5.91 Å². The van der Waals surface area contributed by atoms with Gasteiger partial charge in [-0.1, -0.05) is 44.2 Å². The van der Waals surface area contributed by atoms with Crippen LogP contribution >= 0.6 is 0 Å². The van der Waals surface area contributed by atoms with Gasteiger partial charge < -0.3 is 5.32 Å². The lowest BCUT2D eigenvalue weighted by Gasteiger charge is -2.06. The van der Waals surface area contributed by atoms with E-state index in [9.17, 15) is 9.59 Å². The summed E-state index contributed by atoms with van der Waals surface area (Å²) < 4.78 is 3.27. The van der Waals surface area contributed by atoms with Gasteiger partial charge in [-0.2, -0.15) is 0 Å². The standard InChI is InChI=1S/C18H24N4O2/c1-13(2)12-16(23)19-10-11-21-18(24)22(15-8-9-15)17(20-21)14-6-4-3-5-7-14/h3-7,13,15H,8-12H2,1-2H3,(H,19,23). The normalized spacial score (nSPS) is 14.1. The van der Waals surface area contributed by atoms with Crippen LogP contribution in [-0.2, 0) is 11.3 Å². The molecule has 0 saturated heterocycles. The van der Waals surface area contributed by atoms with Gasteiger partial charge in [0.1, 0.15) is 0 Å². The molecule has 6 nitrogen and oxygen atoms in total. The van der Waals surface area contributed by atoms with E-state index in [2.05, 4.69) is 10.4 Å². The SMILES string of the molecule is CC(C)CC(=O)NCCn1nc(-c2ccccc2)n(C2CC2)c1=O. The first-order chi connectivity index (χ1) is 11.6. The van der Waals surface area contributed by atoms with Crippen LogP contribution in [0, 0.1) is 5.92 Å². The van der Waals surface area contributed by atoms with E-state index in [1.54, 1.807) is 4.57 Å². The predicted octanol–water partition coefficient (Wildman–Crippen LogP) is 2.21. The zero-order valence-corrected chi connectivity index (χ0v) is 14.2. The first kappa shape index (κ1) is 16.5. The third kappa shape index (κ3) is 3.75. The Morgan fingerprint density at radius 3 is 2.62 bits per heavy atom. The molecule has 0 spiro atoms. The van der Waals surface area contributed by atoms with Gasteiger partial charge in [-0.15, -0.1) is 5.10 Å². The molecule has 6 heteroatoms. The number of rotatable bonds is 7. The number of hydrogen-bond donors (Lipinski definition) is 1. The Bertz CT molecular complexity index is 757. The van der Waals surface area contributed by atoms with Crippen LogP contribution in [-0.4, -0.2) is 26.8 Å². The van der Waals surface area contributed by atoms with Gasteiger partial charge >= 0.3 is 5.69 Å². The van der Waals surface area contributed by atoms with E-state index in [1.165, 1.54) is 4.68 Å². The number of aromatic nitrogens is 3.